The summed E-state index contributed by atoms with van der Waals surface area (Å²) in [6.07, 6.45) is 8.37. The van der Waals surface area contributed by atoms with E-state index in [0.717, 1.165) is 61.8 Å². The summed E-state index contributed by atoms with van der Waals surface area (Å²) in [6, 6.07) is 26.1. The molecule has 4 aliphatic carbocycles. The third-order valence-electron chi connectivity index (χ3n) is 11.3. The number of benzene rings is 3. The van der Waals surface area contributed by atoms with Crippen molar-refractivity contribution in [1.82, 2.24) is 9.80 Å². The lowest BCUT2D eigenvalue weighted by Gasteiger charge is -2.57. The zero-order chi connectivity index (χ0) is 30.3. The normalized spacial score (nSPS) is 26.9. The smallest absolute Gasteiger partial charge is 0.253 e. The maximum Gasteiger partial charge on any atom is 0.253 e. The van der Waals surface area contributed by atoms with E-state index in [1.807, 2.05) is 24.9 Å². The SMILES string of the molecule is CCOc1cccc(-c2ccc(C(C)N3CCN(c4ccc(C(=O)N(C)CC56CC7CC(CC(C7)C5)C6)cc4)CC3)cc2)c1. The zero-order valence-corrected chi connectivity index (χ0v) is 26.9. The molecule has 0 aromatic heterocycles. The van der Waals surface area contributed by atoms with E-state index in [-0.39, 0.29) is 5.91 Å². The number of piperazine rings is 1. The Morgan fingerprint density at radius 2 is 1.50 bits per heavy atom. The summed E-state index contributed by atoms with van der Waals surface area (Å²) < 4.78 is 5.69. The lowest BCUT2D eigenvalue weighted by molar-refractivity contribution is -0.0629. The van der Waals surface area contributed by atoms with Gasteiger partial charge in [0.1, 0.15) is 5.75 Å². The average molecular weight is 592 g/mol. The maximum atomic E-state index is 13.5. The van der Waals surface area contributed by atoms with Crippen molar-refractivity contribution < 1.29 is 9.53 Å². The molecule has 44 heavy (non-hydrogen) atoms. The Bertz CT molecular complexity index is 1410. The highest BCUT2D eigenvalue weighted by Gasteiger charge is 2.51. The zero-order valence-electron chi connectivity index (χ0n) is 26.9. The molecule has 0 N–H and O–H groups in total. The number of rotatable bonds is 9. The fraction of sp³-hybridized carbons (Fsp3) is 0.513. The summed E-state index contributed by atoms with van der Waals surface area (Å²) in [5.74, 6) is 3.85. The molecular weight excluding hydrogens is 542 g/mol. The fourth-order valence-electron chi connectivity index (χ4n) is 9.56. The standard InChI is InChI=1S/C39H49N3O2/c1-4-44-37-7-5-6-35(23-37)33-10-8-32(9-11-33)28(2)41-16-18-42(19-17-41)36-14-12-34(13-15-36)38(43)40(3)27-39-24-29-20-30(25-39)22-31(21-29)26-39/h5-15,23,28-31H,4,16-22,24-27H2,1-3H3. The van der Waals surface area contributed by atoms with Crippen molar-refractivity contribution in [2.75, 3.05) is 51.3 Å². The first-order valence-corrected chi connectivity index (χ1v) is 17.1. The van der Waals surface area contributed by atoms with Crippen LogP contribution in [0.15, 0.2) is 72.8 Å². The lowest BCUT2D eigenvalue weighted by atomic mass is 9.49. The Morgan fingerprint density at radius 3 is 2.11 bits per heavy atom. The highest BCUT2D eigenvalue weighted by Crippen LogP contribution is 2.60. The summed E-state index contributed by atoms with van der Waals surface area (Å²) in [7, 11) is 2.03. The molecule has 5 heteroatoms. The van der Waals surface area contributed by atoms with E-state index in [1.54, 1.807) is 0 Å². The fourth-order valence-corrected chi connectivity index (χ4v) is 9.56. The van der Waals surface area contributed by atoms with E-state index in [4.69, 9.17) is 4.74 Å². The van der Waals surface area contributed by atoms with Crippen molar-refractivity contribution in [1.29, 1.82) is 0 Å². The van der Waals surface area contributed by atoms with Gasteiger partial charge in [0.25, 0.3) is 5.91 Å². The third-order valence-corrected chi connectivity index (χ3v) is 11.3. The molecule has 8 rings (SSSR count). The van der Waals surface area contributed by atoms with Gasteiger partial charge in [0, 0.05) is 57.1 Å². The molecule has 0 radical (unpaired) electrons. The summed E-state index contributed by atoms with van der Waals surface area (Å²) >= 11 is 0. The first kappa shape index (κ1) is 29.4. The Labute approximate surface area is 264 Å². The number of ether oxygens (including phenoxy) is 1. The molecule has 5 fully saturated rings. The van der Waals surface area contributed by atoms with Crippen molar-refractivity contribution in [3.8, 4) is 16.9 Å². The summed E-state index contributed by atoms with van der Waals surface area (Å²) in [5, 5.41) is 0. The van der Waals surface area contributed by atoms with Crippen LogP contribution in [-0.4, -0.2) is 62.1 Å². The Hall–Kier alpha value is -3.31. The maximum absolute atomic E-state index is 13.5. The number of carbonyl (C=O) groups is 1. The van der Waals surface area contributed by atoms with Crippen molar-refractivity contribution in [2.45, 2.75) is 58.4 Å². The molecule has 1 amide bonds. The predicted octanol–water partition coefficient (Wildman–Crippen LogP) is 7.92. The number of hydrogen-bond acceptors (Lipinski definition) is 4. The Morgan fingerprint density at radius 1 is 0.864 bits per heavy atom. The monoisotopic (exact) mass is 591 g/mol. The highest BCUT2D eigenvalue weighted by atomic mass is 16.5. The quantitative estimate of drug-likeness (QED) is 0.253. The predicted molar refractivity (Wildman–Crippen MR) is 179 cm³/mol. The lowest BCUT2D eigenvalue weighted by Crippen LogP contribution is -2.51. The average Bonchev–Trinajstić information content (AvgIpc) is 3.04. The molecule has 4 saturated carbocycles. The minimum Gasteiger partial charge on any atom is -0.494 e. The number of hydrogen-bond donors (Lipinski definition) is 0. The van der Waals surface area contributed by atoms with Crippen LogP contribution in [0, 0.1) is 23.2 Å². The second-order valence-corrected chi connectivity index (χ2v) is 14.4. The molecule has 1 heterocycles. The van der Waals surface area contributed by atoms with Gasteiger partial charge in [-0.2, -0.15) is 0 Å². The van der Waals surface area contributed by atoms with Gasteiger partial charge >= 0.3 is 0 Å². The summed E-state index contributed by atoms with van der Waals surface area (Å²) in [5.41, 5.74) is 6.17. The number of amides is 1. The van der Waals surface area contributed by atoms with Crippen LogP contribution in [0.4, 0.5) is 5.69 Å². The minimum absolute atomic E-state index is 0.180. The minimum atomic E-state index is 0.180. The van der Waals surface area contributed by atoms with Crippen LogP contribution in [0.1, 0.15) is 74.3 Å². The van der Waals surface area contributed by atoms with E-state index in [1.165, 1.54) is 60.9 Å². The van der Waals surface area contributed by atoms with Gasteiger partial charge in [0.2, 0.25) is 0 Å². The molecule has 1 aliphatic heterocycles. The van der Waals surface area contributed by atoms with Gasteiger partial charge in [-0.25, -0.2) is 0 Å². The van der Waals surface area contributed by atoms with Gasteiger partial charge in [-0.1, -0.05) is 36.4 Å². The second kappa shape index (κ2) is 12.2. The first-order chi connectivity index (χ1) is 21.4. The van der Waals surface area contributed by atoms with Crippen LogP contribution < -0.4 is 9.64 Å². The van der Waals surface area contributed by atoms with Crippen LogP contribution in [0.2, 0.25) is 0 Å². The highest BCUT2D eigenvalue weighted by molar-refractivity contribution is 5.94. The molecule has 5 nitrogen and oxygen atoms in total. The van der Waals surface area contributed by atoms with E-state index < -0.39 is 0 Å². The molecular formula is C39H49N3O2. The van der Waals surface area contributed by atoms with Crippen molar-refractivity contribution in [3.63, 3.8) is 0 Å². The van der Waals surface area contributed by atoms with Gasteiger partial charge in [-0.05, 0) is 129 Å². The molecule has 0 spiro atoms. The number of anilines is 1. The molecule has 4 bridgehead atoms. The molecule has 3 aromatic rings. The Balaban J connectivity index is 0.921. The molecule has 1 unspecified atom stereocenters. The van der Waals surface area contributed by atoms with Gasteiger partial charge in [-0.15, -0.1) is 0 Å². The summed E-state index contributed by atoms with van der Waals surface area (Å²) in [4.78, 5) is 20.5. The van der Waals surface area contributed by atoms with Crippen LogP contribution in [0.3, 0.4) is 0 Å². The van der Waals surface area contributed by atoms with Gasteiger partial charge in [0.05, 0.1) is 6.61 Å². The molecule has 5 aliphatic rings. The van der Waals surface area contributed by atoms with Gasteiger partial charge < -0.3 is 14.5 Å². The van der Waals surface area contributed by atoms with E-state index in [9.17, 15) is 4.79 Å². The number of nitrogens with zero attached hydrogens (tertiary/aromatic N) is 3. The van der Waals surface area contributed by atoms with Crippen molar-refractivity contribution >= 4 is 11.6 Å². The van der Waals surface area contributed by atoms with Crippen LogP contribution in [-0.2, 0) is 0 Å². The Kier molecular flexibility index (Phi) is 8.17. The number of carbonyl (C=O) groups excluding carboxylic acids is 1. The largest absolute Gasteiger partial charge is 0.494 e. The molecule has 1 saturated heterocycles. The van der Waals surface area contributed by atoms with Crippen LogP contribution in [0.25, 0.3) is 11.1 Å². The first-order valence-electron chi connectivity index (χ1n) is 17.1. The van der Waals surface area contributed by atoms with E-state index >= 15 is 0 Å². The van der Waals surface area contributed by atoms with Crippen LogP contribution >= 0.6 is 0 Å². The van der Waals surface area contributed by atoms with Crippen LogP contribution in [0.5, 0.6) is 5.75 Å². The molecule has 1 atom stereocenters. The van der Waals surface area contributed by atoms with Gasteiger partial charge in [0.15, 0.2) is 0 Å². The third kappa shape index (κ3) is 6.00. The summed E-state index contributed by atoms with van der Waals surface area (Å²) in [6.45, 7) is 9.97. The second-order valence-electron chi connectivity index (χ2n) is 14.4. The van der Waals surface area contributed by atoms with Crippen molar-refractivity contribution in [2.24, 2.45) is 23.2 Å². The topological polar surface area (TPSA) is 36.0 Å². The molecule has 232 valence electrons. The van der Waals surface area contributed by atoms with Gasteiger partial charge in [-0.3, -0.25) is 9.69 Å². The van der Waals surface area contributed by atoms with E-state index in [0.29, 0.717) is 18.1 Å². The molecule has 3 aromatic carbocycles. The van der Waals surface area contributed by atoms with Crippen molar-refractivity contribution in [3.05, 3.63) is 83.9 Å². The van der Waals surface area contributed by atoms with E-state index in [2.05, 4.69) is 83.5 Å².